The zero-order valence-corrected chi connectivity index (χ0v) is 7.87. The number of aromatic amines is 1. The van der Waals surface area contributed by atoms with E-state index in [9.17, 15) is 0 Å². The van der Waals surface area contributed by atoms with Crippen LogP contribution in [0.25, 0.3) is 0 Å². The normalized spacial score (nSPS) is 18.3. The molecule has 1 fully saturated rings. The van der Waals surface area contributed by atoms with Gasteiger partial charge in [-0.3, -0.25) is 4.90 Å². The maximum absolute atomic E-state index is 3.28. The van der Waals surface area contributed by atoms with Crippen molar-refractivity contribution in [3.8, 4) is 0 Å². The first kappa shape index (κ1) is 8.51. The van der Waals surface area contributed by atoms with Crippen LogP contribution in [-0.2, 0) is 0 Å². The van der Waals surface area contributed by atoms with Gasteiger partial charge in [0.15, 0.2) is 0 Å². The van der Waals surface area contributed by atoms with Crippen molar-refractivity contribution >= 4 is 5.82 Å². The molecular formula is C10H17N3+2. The van der Waals surface area contributed by atoms with Crippen LogP contribution in [0.2, 0.25) is 0 Å². The molecule has 1 aliphatic heterocycles. The molecule has 2 heterocycles. The monoisotopic (exact) mass is 179 g/mol. The molecule has 13 heavy (non-hydrogen) atoms. The standard InChI is InChI=1S/C10H15N3/c1-2-6-12-10(4-1)13-8-3-5-11-7-9-13/h1-2,4,6,11H,3,5,7-9H2/p+2. The molecule has 2 rings (SSSR count). The summed E-state index contributed by atoms with van der Waals surface area (Å²) in [6.45, 7) is 4.81. The Kier molecular flexibility index (Phi) is 2.77. The van der Waals surface area contributed by atoms with Crippen molar-refractivity contribution in [1.82, 2.24) is 0 Å². The zero-order chi connectivity index (χ0) is 8.93. The quantitative estimate of drug-likeness (QED) is 0.606. The number of quaternary nitrogens is 1. The van der Waals surface area contributed by atoms with Crippen LogP contribution >= 0.6 is 0 Å². The number of pyridine rings is 1. The van der Waals surface area contributed by atoms with Gasteiger partial charge in [0.2, 0.25) is 0 Å². The number of H-pyrrole nitrogens is 1. The molecule has 0 unspecified atom stereocenters. The second kappa shape index (κ2) is 4.23. The fourth-order valence-corrected chi connectivity index (χ4v) is 1.75. The Morgan fingerprint density at radius 1 is 1.23 bits per heavy atom. The van der Waals surface area contributed by atoms with Crippen molar-refractivity contribution in [2.75, 3.05) is 31.1 Å². The summed E-state index contributed by atoms with van der Waals surface area (Å²) in [6.07, 6.45) is 3.27. The lowest BCUT2D eigenvalue weighted by Gasteiger charge is -2.11. The number of nitrogens with zero attached hydrogens (tertiary/aromatic N) is 1. The molecule has 0 bridgehead atoms. The predicted molar refractivity (Wildman–Crippen MR) is 51.5 cm³/mol. The predicted octanol–water partition coefficient (Wildman–Crippen LogP) is -0.726. The van der Waals surface area contributed by atoms with Crippen LogP contribution < -0.4 is 15.2 Å². The van der Waals surface area contributed by atoms with Gasteiger partial charge in [-0.15, -0.1) is 0 Å². The van der Waals surface area contributed by atoms with Gasteiger partial charge in [-0.05, 0) is 6.07 Å². The summed E-state index contributed by atoms with van der Waals surface area (Å²) in [4.78, 5) is 5.70. The van der Waals surface area contributed by atoms with Gasteiger partial charge in [0.1, 0.15) is 13.1 Å². The molecule has 1 aliphatic rings. The Morgan fingerprint density at radius 2 is 2.23 bits per heavy atom. The molecule has 70 valence electrons. The molecule has 0 aliphatic carbocycles. The van der Waals surface area contributed by atoms with Gasteiger partial charge < -0.3 is 5.32 Å². The largest absolute Gasteiger partial charge is 0.343 e. The molecule has 0 radical (unpaired) electrons. The second-order valence-electron chi connectivity index (χ2n) is 3.45. The molecule has 0 spiro atoms. The molecule has 0 amide bonds. The van der Waals surface area contributed by atoms with Crippen LogP contribution in [0.3, 0.4) is 0 Å². The summed E-state index contributed by atoms with van der Waals surface area (Å²) in [5.74, 6) is 1.25. The second-order valence-corrected chi connectivity index (χ2v) is 3.45. The Labute approximate surface area is 78.8 Å². The lowest BCUT2D eigenvalue weighted by Crippen LogP contribution is -2.84. The minimum atomic E-state index is 1.15. The number of anilines is 1. The molecule has 1 saturated heterocycles. The van der Waals surface area contributed by atoms with Gasteiger partial charge >= 0.3 is 0 Å². The van der Waals surface area contributed by atoms with E-state index in [1.807, 2.05) is 12.3 Å². The fourth-order valence-electron chi connectivity index (χ4n) is 1.75. The minimum absolute atomic E-state index is 1.15. The van der Waals surface area contributed by atoms with E-state index in [1.54, 1.807) is 0 Å². The van der Waals surface area contributed by atoms with Crippen LogP contribution in [0.15, 0.2) is 24.4 Å². The molecule has 0 atom stereocenters. The fraction of sp³-hybridized carbons (Fsp3) is 0.500. The van der Waals surface area contributed by atoms with E-state index in [2.05, 4.69) is 27.3 Å². The van der Waals surface area contributed by atoms with Gasteiger partial charge in [0.05, 0.1) is 19.3 Å². The third-order valence-corrected chi connectivity index (χ3v) is 2.47. The topological polar surface area (TPSA) is 34.0 Å². The highest BCUT2D eigenvalue weighted by Crippen LogP contribution is 2.05. The first-order chi connectivity index (χ1) is 6.47. The number of nitrogens with one attached hydrogen (secondary N) is 1. The Morgan fingerprint density at radius 3 is 3.08 bits per heavy atom. The number of aromatic nitrogens is 1. The Bertz CT molecular complexity index is 240. The van der Waals surface area contributed by atoms with E-state index < -0.39 is 0 Å². The average Bonchev–Trinajstić information content (AvgIpc) is 2.47. The van der Waals surface area contributed by atoms with E-state index in [4.69, 9.17) is 0 Å². The lowest BCUT2D eigenvalue weighted by atomic mass is 10.3. The maximum Gasteiger partial charge on any atom is 0.274 e. The van der Waals surface area contributed by atoms with E-state index >= 15 is 0 Å². The SMILES string of the molecule is c1ccc(N2CCC[NH2+]CC2)[nH+]c1. The molecule has 0 saturated carbocycles. The summed E-state index contributed by atoms with van der Waals surface area (Å²) in [5, 5.41) is 2.39. The summed E-state index contributed by atoms with van der Waals surface area (Å²) in [5.41, 5.74) is 0. The number of rotatable bonds is 1. The first-order valence-electron chi connectivity index (χ1n) is 5.00. The minimum Gasteiger partial charge on any atom is -0.343 e. The van der Waals surface area contributed by atoms with Crippen molar-refractivity contribution in [3.05, 3.63) is 24.4 Å². The van der Waals surface area contributed by atoms with Crippen LogP contribution in [-0.4, -0.2) is 26.2 Å². The summed E-state index contributed by atoms with van der Waals surface area (Å²) < 4.78 is 0. The number of hydrogen-bond acceptors (Lipinski definition) is 1. The number of nitrogens with two attached hydrogens (primary N) is 1. The van der Waals surface area contributed by atoms with Crippen molar-refractivity contribution < 1.29 is 10.3 Å². The highest BCUT2D eigenvalue weighted by atomic mass is 15.2. The Balaban J connectivity index is 2.06. The van der Waals surface area contributed by atoms with Crippen molar-refractivity contribution in [2.45, 2.75) is 6.42 Å². The van der Waals surface area contributed by atoms with E-state index in [-0.39, 0.29) is 0 Å². The van der Waals surface area contributed by atoms with Crippen LogP contribution in [0, 0.1) is 0 Å². The maximum atomic E-state index is 3.28. The molecule has 3 N–H and O–H groups in total. The van der Waals surface area contributed by atoms with Gasteiger partial charge in [0, 0.05) is 12.5 Å². The molecular weight excluding hydrogens is 162 g/mol. The van der Waals surface area contributed by atoms with Crippen molar-refractivity contribution in [2.24, 2.45) is 0 Å². The van der Waals surface area contributed by atoms with Crippen LogP contribution in [0.1, 0.15) is 6.42 Å². The van der Waals surface area contributed by atoms with Gasteiger partial charge in [0.25, 0.3) is 5.82 Å². The molecule has 1 aromatic heterocycles. The zero-order valence-electron chi connectivity index (χ0n) is 7.87. The summed E-state index contributed by atoms with van der Waals surface area (Å²) in [6, 6.07) is 6.25. The van der Waals surface area contributed by atoms with Crippen LogP contribution in [0.5, 0.6) is 0 Å². The molecule has 1 aromatic rings. The lowest BCUT2D eigenvalue weighted by molar-refractivity contribution is -0.650. The van der Waals surface area contributed by atoms with Crippen molar-refractivity contribution in [1.29, 1.82) is 0 Å². The third kappa shape index (κ3) is 2.18. The highest BCUT2D eigenvalue weighted by molar-refractivity contribution is 5.31. The average molecular weight is 179 g/mol. The van der Waals surface area contributed by atoms with E-state index in [0.717, 1.165) is 6.54 Å². The van der Waals surface area contributed by atoms with Gasteiger partial charge in [-0.2, -0.15) is 0 Å². The Hall–Kier alpha value is -1.09. The number of hydrogen-bond donors (Lipinski definition) is 1. The molecule has 3 nitrogen and oxygen atoms in total. The molecule has 3 heteroatoms. The van der Waals surface area contributed by atoms with Crippen molar-refractivity contribution in [3.63, 3.8) is 0 Å². The van der Waals surface area contributed by atoms with E-state index in [0.29, 0.717) is 0 Å². The van der Waals surface area contributed by atoms with E-state index in [1.165, 1.54) is 31.9 Å². The first-order valence-corrected chi connectivity index (χ1v) is 5.00. The summed E-state index contributed by atoms with van der Waals surface area (Å²) in [7, 11) is 0. The third-order valence-electron chi connectivity index (χ3n) is 2.47. The summed E-state index contributed by atoms with van der Waals surface area (Å²) >= 11 is 0. The highest BCUT2D eigenvalue weighted by Gasteiger charge is 2.17. The van der Waals surface area contributed by atoms with Gasteiger partial charge in [-0.1, -0.05) is 6.07 Å². The van der Waals surface area contributed by atoms with Crippen LogP contribution in [0.4, 0.5) is 5.82 Å². The smallest absolute Gasteiger partial charge is 0.274 e. The molecule has 0 aromatic carbocycles. The van der Waals surface area contributed by atoms with Gasteiger partial charge in [-0.25, -0.2) is 4.98 Å².